The van der Waals surface area contributed by atoms with Gasteiger partial charge in [0.15, 0.2) is 0 Å². The average Bonchev–Trinajstić information content (AvgIpc) is 2.44. The lowest BCUT2D eigenvalue weighted by molar-refractivity contribution is -0.149. The molecule has 0 spiro atoms. The number of aliphatic hydroxyl groups is 1. The van der Waals surface area contributed by atoms with Crippen molar-refractivity contribution in [3.05, 3.63) is 15.7 Å². The number of alkyl halides is 3. The molecule has 1 aliphatic rings. The van der Waals surface area contributed by atoms with E-state index in [1.807, 2.05) is 27.5 Å². The number of aliphatic hydroxyl groups excluding tert-OH is 1. The summed E-state index contributed by atoms with van der Waals surface area (Å²) in [5, 5.41) is 11.1. The minimum atomic E-state index is -4.53. The van der Waals surface area contributed by atoms with Gasteiger partial charge in [-0.2, -0.15) is 13.2 Å². The van der Waals surface area contributed by atoms with Crippen LogP contribution in [0.15, 0.2) is 12.1 Å². The van der Waals surface area contributed by atoms with Gasteiger partial charge in [0.2, 0.25) is 0 Å². The molecule has 118 valence electrons. The normalized spacial score (nSPS) is 17.7. The van der Waals surface area contributed by atoms with E-state index in [0.717, 1.165) is 3.57 Å². The fourth-order valence-corrected chi connectivity index (χ4v) is 2.49. The number of hydrogen-bond donors (Lipinski definition) is 2. The summed E-state index contributed by atoms with van der Waals surface area (Å²) >= 11 is 2.03. The molecule has 1 saturated heterocycles. The summed E-state index contributed by atoms with van der Waals surface area (Å²) in [5.41, 5.74) is 0. The van der Waals surface area contributed by atoms with Crippen molar-refractivity contribution in [3.8, 4) is 0 Å². The van der Waals surface area contributed by atoms with Gasteiger partial charge in [0.1, 0.15) is 17.7 Å². The number of nitrogens with zero attached hydrogens (tertiary/aromatic N) is 2. The van der Waals surface area contributed by atoms with Gasteiger partial charge in [-0.15, -0.1) is 0 Å². The molecule has 0 aromatic carbocycles. The molecule has 1 aliphatic heterocycles. The largest absolute Gasteiger partial charge is 0.410 e. The van der Waals surface area contributed by atoms with Crippen LogP contribution in [0.1, 0.15) is 0 Å². The van der Waals surface area contributed by atoms with E-state index < -0.39 is 18.8 Å². The zero-order valence-corrected chi connectivity index (χ0v) is 13.2. The minimum Gasteiger partial charge on any atom is -0.394 e. The van der Waals surface area contributed by atoms with Crippen LogP contribution >= 0.6 is 22.6 Å². The fourth-order valence-electron chi connectivity index (χ4n) is 1.92. The topological polar surface area (TPSA) is 57.6 Å². The standard InChI is InChI=1S/C12H15F3IN3O2/c13-12(14,15)9(7-20)17-10-5-8(16)6-11(18-10)19-1-3-21-4-2-19/h5-6,9,20H,1-4,7H2,(H,17,18)/t9-/m0/s1. The molecule has 2 rings (SSSR count). The van der Waals surface area contributed by atoms with Crippen LogP contribution in [0, 0.1) is 3.57 Å². The predicted octanol–water partition coefficient (Wildman–Crippen LogP) is 1.86. The second-order valence-electron chi connectivity index (χ2n) is 4.55. The van der Waals surface area contributed by atoms with Gasteiger partial charge in [-0.05, 0) is 34.7 Å². The molecule has 0 unspecified atom stereocenters. The third-order valence-corrected chi connectivity index (χ3v) is 3.63. The van der Waals surface area contributed by atoms with E-state index >= 15 is 0 Å². The summed E-state index contributed by atoms with van der Waals surface area (Å²) in [4.78, 5) is 6.16. The van der Waals surface area contributed by atoms with Crippen molar-refractivity contribution >= 4 is 34.2 Å². The smallest absolute Gasteiger partial charge is 0.394 e. The molecular weight excluding hydrogens is 402 g/mol. The van der Waals surface area contributed by atoms with Gasteiger partial charge in [0.25, 0.3) is 0 Å². The molecule has 2 heterocycles. The molecular formula is C12H15F3IN3O2. The number of hydrogen-bond acceptors (Lipinski definition) is 5. The van der Waals surface area contributed by atoms with Crippen molar-refractivity contribution in [2.24, 2.45) is 0 Å². The maximum absolute atomic E-state index is 12.7. The molecule has 0 aliphatic carbocycles. The number of pyridine rings is 1. The van der Waals surface area contributed by atoms with Crippen LogP contribution in [0.2, 0.25) is 0 Å². The summed E-state index contributed by atoms with van der Waals surface area (Å²) in [7, 11) is 0. The van der Waals surface area contributed by atoms with Gasteiger partial charge < -0.3 is 20.1 Å². The second-order valence-corrected chi connectivity index (χ2v) is 5.79. The maximum Gasteiger partial charge on any atom is 0.410 e. The molecule has 1 aromatic rings. The zero-order chi connectivity index (χ0) is 15.5. The van der Waals surface area contributed by atoms with Crippen molar-refractivity contribution in [3.63, 3.8) is 0 Å². The van der Waals surface area contributed by atoms with E-state index in [1.165, 1.54) is 6.07 Å². The fraction of sp³-hybridized carbons (Fsp3) is 0.583. The summed E-state index contributed by atoms with van der Waals surface area (Å²) in [6.45, 7) is 1.39. The highest BCUT2D eigenvalue weighted by Crippen LogP contribution is 2.25. The van der Waals surface area contributed by atoms with Crippen LogP contribution in [-0.4, -0.2) is 55.2 Å². The highest BCUT2D eigenvalue weighted by Gasteiger charge is 2.39. The van der Waals surface area contributed by atoms with Gasteiger partial charge in [-0.25, -0.2) is 4.98 Å². The summed E-state index contributed by atoms with van der Waals surface area (Å²) in [6.07, 6.45) is -4.53. The second kappa shape index (κ2) is 6.97. The van der Waals surface area contributed by atoms with Crippen LogP contribution in [0.25, 0.3) is 0 Å². The first-order valence-corrected chi connectivity index (χ1v) is 7.42. The van der Waals surface area contributed by atoms with Gasteiger partial charge in [0, 0.05) is 16.7 Å². The highest BCUT2D eigenvalue weighted by atomic mass is 127. The number of ether oxygens (including phenoxy) is 1. The number of aromatic nitrogens is 1. The Morgan fingerprint density at radius 3 is 2.62 bits per heavy atom. The van der Waals surface area contributed by atoms with Gasteiger partial charge in [-0.1, -0.05) is 0 Å². The highest BCUT2D eigenvalue weighted by molar-refractivity contribution is 14.1. The molecule has 1 aromatic heterocycles. The number of rotatable bonds is 4. The van der Waals surface area contributed by atoms with Crippen molar-refractivity contribution < 1.29 is 23.0 Å². The first-order valence-electron chi connectivity index (χ1n) is 6.34. The van der Waals surface area contributed by atoms with Crippen LogP contribution in [0.3, 0.4) is 0 Å². The summed E-state index contributed by atoms with van der Waals surface area (Å²) in [6, 6.07) is 1.29. The van der Waals surface area contributed by atoms with E-state index in [4.69, 9.17) is 9.84 Å². The van der Waals surface area contributed by atoms with E-state index in [1.54, 1.807) is 6.07 Å². The Labute approximate surface area is 133 Å². The van der Waals surface area contributed by atoms with Crippen LogP contribution in [0.5, 0.6) is 0 Å². The average molecular weight is 417 g/mol. The predicted molar refractivity (Wildman–Crippen MR) is 80.5 cm³/mol. The van der Waals surface area contributed by atoms with Gasteiger partial charge >= 0.3 is 6.18 Å². The summed E-state index contributed by atoms with van der Waals surface area (Å²) < 4.78 is 44.1. The Balaban J connectivity index is 2.18. The first kappa shape index (κ1) is 16.6. The Bertz CT molecular complexity index is 481. The molecule has 1 atom stereocenters. The maximum atomic E-state index is 12.7. The van der Waals surface area contributed by atoms with Crippen LogP contribution in [0.4, 0.5) is 24.8 Å². The van der Waals surface area contributed by atoms with E-state index in [0.29, 0.717) is 32.1 Å². The monoisotopic (exact) mass is 417 g/mol. The molecule has 1 fully saturated rings. The van der Waals surface area contributed by atoms with E-state index in [2.05, 4.69) is 10.3 Å². The third kappa shape index (κ3) is 4.58. The summed E-state index contributed by atoms with van der Waals surface area (Å²) in [5.74, 6) is 0.700. The van der Waals surface area contributed by atoms with Crippen molar-refractivity contribution in [1.29, 1.82) is 0 Å². The molecule has 0 bridgehead atoms. The van der Waals surface area contributed by atoms with Crippen molar-refractivity contribution in [2.75, 3.05) is 43.1 Å². The van der Waals surface area contributed by atoms with Crippen molar-refractivity contribution in [1.82, 2.24) is 4.98 Å². The molecule has 0 amide bonds. The van der Waals surface area contributed by atoms with Gasteiger partial charge in [-0.3, -0.25) is 0 Å². The number of nitrogens with one attached hydrogen (secondary N) is 1. The van der Waals surface area contributed by atoms with E-state index in [-0.39, 0.29) is 5.82 Å². The molecule has 0 radical (unpaired) electrons. The molecule has 5 nitrogen and oxygen atoms in total. The molecule has 2 N–H and O–H groups in total. The van der Waals surface area contributed by atoms with Crippen molar-refractivity contribution in [2.45, 2.75) is 12.2 Å². The minimum absolute atomic E-state index is 0.0970. The first-order chi connectivity index (χ1) is 9.90. The lowest BCUT2D eigenvalue weighted by atomic mass is 10.3. The number of anilines is 2. The number of halogens is 4. The molecule has 21 heavy (non-hydrogen) atoms. The lowest BCUT2D eigenvalue weighted by Crippen LogP contribution is -2.40. The Hall–Kier alpha value is -0.810. The SMILES string of the molecule is OC[C@H](Nc1cc(I)cc(N2CCOCC2)n1)C(F)(F)F. The quantitative estimate of drug-likeness (QED) is 0.733. The lowest BCUT2D eigenvalue weighted by Gasteiger charge is -2.28. The Kier molecular flexibility index (Phi) is 5.49. The van der Waals surface area contributed by atoms with Crippen LogP contribution in [-0.2, 0) is 4.74 Å². The Morgan fingerprint density at radius 2 is 2.05 bits per heavy atom. The zero-order valence-electron chi connectivity index (χ0n) is 11.0. The number of morpholine rings is 1. The van der Waals surface area contributed by atoms with E-state index in [9.17, 15) is 13.2 Å². The Morgan fingerprint density at radius 1 is 1.38 bits per heavy atom. The van der Waals surface area contributed by atoms with Crippen LogP contribution < -0.4 is 10.2 Å². The van der Waals surface area contributed by atoms with Gasteiger partial charge in [0.05, 0.1) is 19.8 Å². The third-order valence-electron chi connectivity index (χ3n) is 3.01. The molecule has 9 heteroatoms. The molecule has 0 saturated carbocycles.